The van der Waals surface area contributed by atoms with Crippen LogP contribution < -0.4 is 5.73 Å². The summed E-state index contributed by atoms with van der Waals surface area (Å²) in [5.41, 5.74) is 5.64. The van der Waals surface area contributed by atoms with Gasteiger partial charge in [0.2, 0.25) is 0 Å². The van der Waals surface area contributed by atoms with Crippen molar-refractivity contribution >= 4 is 11.8 Å². The molecule has 1 atom stereocenters. The summed E-state index contributed by atoms with van der Waals surface area (Å²) in [4.78, 5) is 0. The minimum atomic E-state index is 0.580. The molecule has 1 aromatic rings. The van der Waals surface area contributed by atoms with Gasteiger partial charge in [0.05, 0.1) is 0 Å². The predicted octanol–water partition coefficient (Wildman–Crippen LogP) is 2.22. The van der Waals surface area contributed by atoms with Crippen molar-refractivity contribution in [2.75, 3.05) is 6.54 Å². The van der Waals surface area contributed by atoms with Gasteiger partial charge < -0.3 is 10.3 Å². The molecule has 1 aliphatic heterocycles. The molecule has 2 rings (SSSR count). The number of aryl methyl sites for hydroxylation is 1. The van der Waals surface area contributed by atoms with E-state index in [2.05, 4.69) is 21.7 Å². The number of hydrogen-bond acceptors (Lipinski definition) is 4. The van der Waals surface area contributed by atoms with Gasteiger partial charge in [0.1, 0.15) is 5.82 Å². The average Bonchev–Trinajstić information content (AvgIpc) is 2.58. The Morgan fingerprint density at radius 2 is 2.24 bits per heavy atom. The summed E-state index contributed by atoms with van der Waals surface area (Å²) in [5.74, 6) is 1.17. The fraction of sp³-hybridized carbons (Fsp3) is 0.833. The maximum absolute atomic E-state index is 5.64. The molecule has 0 aliphatic carbocycles. The lowest BCUT2D eigenvalue weighted by atomic mass is 10.2. The van der Waals surface area contributed by atoms with E-state index in [1.165, 1.54) is 25.1 Å². The second kappa shape index (κ2) is 6.40. The van der Waals surface area contributed by atoms with E-state index in [1.54, 1.807) is 0 Å². The largest absolute Gasteiger partial charge is 0.330 e. The molecule has 0 amide bonds. The van der Waals surface area contributed by atoms with Crippen LogP contribution in [0.25, 0.3) is 0 Å². The normalized spacial score (nSPS) is 17.5. The van der Waals surface area contributed by atoms with E-state index in [1.807, 2.05) is 11.8 Å². The van der Waals surface area contributed by atoms with Gasteiger partial charge >= 0.3 is 0 Å². The van der Waals surface area contributed by atoms with E-state index in [9.17, 15) is 0 Å². The van der Waals surface area contributed by atoms with E-state index in [-0.39, 0.29) is 0 Å². The van der Waals surface area contributed by atoms with Gasteiger partial charge in [-0.15, -0.1) is 10.2 Å². The van der Waals surface area contributed by atoms with Crippen LogP contribution >= 0.6 is 11.8 Å². The standard InChI is InChI=1S/C12H22N4S/c1-2-10(7-8-13)17-12-15-14-11-6-4-3-5-9-16(11)12/h10H,2-9,13H2,1H3. The summed E-state index contributed by atoms with van der Waals surface area (Å²) < 4.78 is 2.32. The SMILES string of the molecule is CCC(CCN)Sc1nnc2n1CCCCC2. The first-order valence-corrected chi connectivity index (χ1v) is 7.52. The zero-order valence-corrected chi connectivity index (χ0v) is 11.4. The van der Waals surface area contributed by atoms with Crippen LogP contribution in [0.15, 0.2) is 5.16 Å². The van der Waals surface area contributed by atoms with Crippen LogP contribution in [0.3, 0.4) is 0 Å². The second-order valence-corrected chi connectivity index (χ2v) is 5.85. The zero-order chi connectivity index (χ0) is 12.1. The molecular formula is C12H22N4S. The van der Waals surface area contributed by atoms with E-state index in [0.717, 1.165) is 37.5 Å². The lowest BCUT2D eigenvalue weighted by molar-refractivity contribution is 0.588. The zero-order valence-electron chi connectivity index (χ0n) is 10.6. The minimum absolute atomic E-state index is 0.580. The number of nitrogens with zero attached hydrogens (tertiary/aromatic N) is 3. The predicted molar refractivity (Wildman–Crippen MR) is 71.2 cm³/mol. The Kier molecular flexibility index (Phi) is 4.86. The van der Waals surface area contributed by atoms with Crippen LogP contribution in [-0.4, -0.2) is 26.6 Å². The van der Waals surface area contributed by atoms with Crippen molar-refractivity contribution in [1.29, 1.82) is 0 Å². The number of nitrogens with two attached hydrogens (primary N) is 1. The lowest BCUT2D eigenvalue weighted by Gasteiger charge is -2.13. The summed E-state index contributed by atoms with van der Waals surface area (Å²) in [6, 6.07) is 0. The fourth-order valence-corrected chi connectivity index (χ4v) is 3.36. The monoisotopic (exact) mass is 254 g/mol. The molecule has 0 aromatic carbocycles. The number of rotatable bonds is 5. The van der Waals surface area contributed by atoms with Gasteiger partial charge in [0.25, 0.3) is 0 Å². The molecule has 1 aromatic heterocycles. The maximum atomic E-state index is 5.64. The molecule has 2 N–H and O–H groups in total. The Labute approximate surface area is 107 Å². The van der Waals surface area contributed by atoms with Crippen LogP contribution in [0.1, 0.15) is 44.9 Å². The number of thioether (sulfide) groups is 1. The Morgan fingerprint density at radius 3 is 3.00 bits per heavy atom. The van der Waals surface area contributed by atoms with E-state index >= 15 is 0 Å². The minimum Gasteiger partial charge on any atom is -0.330 e. The van der Waals surface area contributed by atoms with Crippen molar-refractivity contribution in [3.8, 4) is 0 Å². The van der Waals surface area contributed by atoms with Crippen LogP contribution in [-0.2, 0) is 13.0 Å². The third kappa shape index (κ3) is 3.22. The smallest absolute Gasteiger partial charge is 0.191 e. The van der Waals surface area contributed by atoms with Crippen molar-refractivity contribution in [2.24, 2.45) is 5.73 Å². The number of hydrogen-bond donors (Lipinski definition) is 1. The Bertz CT molecular complexity index is 350. The summed E-state index contributed by atoms with van der Waals surface area (Å²) in [6.07, 6.45) is 7.11. The van der Waals surface area contributed by atoms with Gasteiger partial charge in [0.15, 0.2) is 5.16 Å². The van der Waals surface area contributed by atoms with Crippen molar-refractivity contribution in [3.63, 3.8) is 0 Å². The summed E-state index contributed by atoms with van der Waals surface area (Å²) >= 11 is 1.85. The quantitative estimate of drug-likeness (QED) is 0.819. The van der Waals surface area contributed by atoms with Crippen molar-refractivity contribution in [3.05, 3.63) is 5.82 Å². The summed E-state index contributed by atoms with van der Waals surface area (Å²) in [5, 5.41) is 10.3. The molecule has 17 heavy (non-hydrogen) atoms. The Morgan fingerprint density at radius 1 is 1.35 bits per heavy atom. The molecule has 0 saturated carbocycles. The first-order chi connectivity index (χ1) is 8.35. The van der Waals surface area contributed by atoms with Crippen molar-refractivity contribution in [2.45, 2.75) is 62.4 Å². The van der Waals surface area contributed by atoms with Crippen molar-refractivity contribution < 1.29 is 0 Å². The molecule has 0 bridgehead atoms. The first-order valence-electron chi connectivity index (χ1n) is 6.64. The van der Waals surface area contributed by atoms with Crippen LogP contribution in [0.4, 0.5) is 0 Å². The third-order valence-corrected chi connectivity index (χ3v) is 4.71. The van der Waals surface area contributed by atoms with Gasteiger partial charge in [0, 0.05) is 18.2 Å². The van der Waals surface area contributed by atoms with E-state index in [0.29, 0.717) is 5.25 Å². The average molecular weight is 254 g/mol. The van der Waals surface area contributed by atoms with E-state index in [4.69, 9.17) is 5.73 Å². The second-order valence-electron chi connectivity index (χ2n) is 4.59. The molecule has 0 saturated heterocycles. The molecule has 2 heterocycles. The molecule has 5 heteroatoms. The molecule has 1 aliphatic rings. The molecule has 0 fully saturated rings. The maximum Gasteiger partial charge on any atom is 0.191 e. The Balaban J connectivity index is 2.07. The molecule has 0 radical (unpaired) electrons. The highest BCUT2D eigenvalue weighted by Gasteiger charge is 2.17. The highest BCUT2D eigenvalue weighted by molar-refractivity contribution is 7.99. The van der Waals surface area contributed by atoms with Crippen LogP contribution in [0, 0.1) is 0 Å². The van der Waals surface area contributed by atoms with Gasteiger partial charge in [-0.2, -0.15) is 0 Å². The molecule has 1 unspecified atom stereocenters. The van der Waals surface area contributed by atoms with E-state index < -0.39 is 0 Å². The fourth-order valence-electron chi connectivity index (χ4n) is 2.23. The number of fused-ring (bicyclic) bond motifs is 1. The van der Waals surface area contributed by atoms with Gasteiger partial charge in [-0.1, -0.05) is 25.1 Å². The Hall–Kier alpha value is -0.550. The topological polar surface area (TPSA) is 56.7 Å². The summed E-state index contributed by atoms with van der Waals surface area (Å²) in [6.45, 7) is 4.06. The first kappa shape index (κ1) is 12.9. The molecule has 4 nitrogen and oxygen atoms in total. The van der Waals surface area contributed by atoms with Crippen LogP contribution in [0.2, 0.25) is 0 Å². The highest BCUT2D eigenvalue weighted by atomic mass is 32.2. The molecular weight excluding hydrogens is 232 g/mol. The van der Waals surface area contributed by atoms with Gasteiger partial charge in [-0.3, -0.25) is 0 Å². The molecule has 96 valence electrons. The lowest BCUT2D eigenvalue weighted by Crippen LogP contribution is -2.11. The highest BCUT2D eigenvalue weighted by Crippen LogP contribution is 2.28. The van der Waals surface area contributed by atoms with Gasteiger partial charge in [-0.05, 0) is 32.2 Å². The summed E-state index contributed by atoms with van der Waals surface area (Å²) in [7, 11) is 0. The van der Waals surface area contributed by atoms with Crippen molar-refractivity contribution in [1.82, 2.24) is 14.8 Å². The van der Waals surface area contributed by atoms with Gasteiger partial charge in [-0.25, -0.2) is 0 Å². The van der Waals surface area contributed by atoms with Crippen LogP contribution in [0.5, 0.6) is 0 Å². The molecule has 0 spiro atoms. The number of aromatic nitrogens is 3. The third-order valence-electron chi connectivity index (χ3n) is 3.29.